The van der Waals surface area contributed by atoms with Crippen LogP contribution in [0.2, 0.25) is 0 Å². The number of benzene rings is 3. The number of nitrogens with zero attached hydrogens (tertiary/aromatic N) is 5. The number of para-hydroxylation sites is 1. The van der Waals surface area contributed by atoms with Gasteiger partial charge >= 0.3 is 0 Å². The van der Waals surface area contributed by atoms with E-state index in [-0.39, 0.29) is 0 Å². The average Bonchev–Trinajstić information content (AvgIpc) is 3.11. The Morgan fingerprint density at radius 1 is 1.08 bits per heavy atom. The van der Waals surface area contributed by atoms with Crippen molar-refractivity contribution < 1.29 is 0 Å². The normalized spacial score (nSPS) is 10.6. The fourth-order valence-corrected chi connectivity index (χ4v) is 2.82. The number of fused-ring (bicyclic) bond motifs is 1. The second-order valence-electron chi connectivity index (χ2n) is 5.62. The van der Waals surface area contributed by atoms with Crippen molar-refractivity contribution >= 4 is 16.7 Å². The molecule has 0 spiro atoms. The maximum atomic E-state index is 9.44. The Balaban J connectivity index is 1.82. The lowest BCUT2D eigenvalue weighted by atomic mass is 9.99. The van der Waals surface area contributed by atoms with Crippen molar-refractivity contribution in [1.82, 2.24) is 15.1 Å². The van der Waals surface area contributed by atoms with Crippen molar-refractivity contribution in [3.8, 4) is 17.2 Å². The van der Waals surface area contributed by atoms with Crippen LogP contribution in [0.5, 0.6) is 0 Å². The van der Waals surface area contributed by atoms with Crippen molar-refractivity contribution in [3.63, 3.8) is 0 Å². The van der Waals surface area contributed by atoms with Gasteiger partial charge in [-0.3, -0.25) is 5.01 Å². The summed E-state index contributed by atoms with van der Waals surface area (Å²) in [5.74, 6) is 0. The Hall–Kier alpha value is -3.65. The van der Waals surface area contributed by atoms with E-state index in [9.17, 15) is 5.26 Å². The average molecular weight is 324 g/mol. The second kappa shape index (κ2) is 6.10. The zero-order valence-corrected chi connectivity index (χ0v) is 13.6. The molecule has 25 heavy (non-hydrogen) atoms. The van der Waals surface area contributed by atoms with Crippen LogP contribution in [0.15, 0.2) is 66.7 Å². The van der Waals surface area contributed by atoms with Crippen LogP contribution in [0.4, 0.5) is 5.69 Å². The molecule has 0 atom stereocenters. The van der Waals surface area contributed by atoms with E-state index in [2.05, 4.69) is 22.4 Å². The predicted octanol–water partition coefficient (Wildman–Crippen LogP) is 3.67. The largest absolute Gasteiger partial charge is 0.267 e. The van der Waals surface area contributed by atoms with E-state index in [1.807, 2.05) is 78.8 Å². The molecule has 3 aromatic carbocycles. The predicted molar refractivity (Wildman–Crippen MR) is 96.8 cm³/mol. The third kappa shape index (κ3) is 2.60. The molecule has 0 bridgehead atoms. The summed E-state index contributed by atoms with van der Waals surface area (Å²) >= 11 is 0. The Labute approximate surface area is 145 Å². The zero-order chi connectivity index (χ0) is 17.2. The summed E-state index contributed by atoms with van der Waals surface area (Å²) in [7, 11) is 1.92. The van der Waals surface area contributed by atoms with E-state index < -0.39 is 0 Å². The number of anilines is 1. The van der Waals surface area contributed by atoms with Crippen LogP contribution in [0.1, 0.15) is 5.56 Å². The molecule has 5 nitrogen and oxygen atoms in total. The molecular weight excluding hydrogens is 310 g/mol. The first-order chi connectivity index (χ1) is 12.3. The molecule has 4 rings (SSSR count). The number of hydrogen-bond acceptors (Lipinski definition) is 4. The van der Waals surface area contributed by atoms with Crippen LogP contribution >= 0.6 is 0 Å². The SMILES string of the molecule is CN(c1ccc(C#N)c(-c2cc[c]cc2)c1)n1nnc2ccccc21. The zero-order valence-electron chi connectivity index (χ0n) is 13.6. The lowest BCUT2D eigenvalue weighted by molar-refractivity contribution is 0.657. The first-order valence-corrected chi connectivity index (χ1v) is 7.83. The minimum Gasteiger partial charge on any atom is -0.267 e. The van der Waals surface area contributed by atoms with Crippen LogP contribution in [-0.2, 0) is 0 Å². The van der Waals surface area contributed by atoms with E-state index in [0.717, 1.165) is 27.8 Å². The number of nitriles is 1. The summed E-state index contributed by atoms with van der Waals surface area (Å²) in [6, 6.07) is 26.4. The topological polar surface area (TPSA) is 57.7 Å². The molecule has 0 fully saturated rings. The van der Waals surface area contributed by atoms with Gasteiger partial charge in [-0.15, -0.1) is 5.10 Å². The molecule has 0 saturated heterocycles. The molecule has 0 unspecified atom stereocenters. The first kappa shape index (κ1) is 14.9. The summed E-state index contributed by atoms with van der Waals surface area (Å²) in [6.07, 6.45) is 0. The summed E-state index contributed by atoms with van der Waals surface area (Å²) < 4.78 is 0. The molecule has 0 N–H and O–H groups in total. The van der Waals surface area contributed by atoms with Crippen molar-refractivity contribution in [2.24, 2.45) is 0 Å². The smallest absolute Gasteiger partial charge is 0.115 e. The standard InChI is InChI=1S/C20H14N5/c1-24(25-20-10-6-5-9-19(20)22-23-25)17-12-11-16(14-21)18(13-17)15-7-3-2-4-8-15/h3-13H,1H3. The lowest BCUT2D eigenvalue weighted by Crippen LogP contribution is -2.25. The molecule has 4 aromatic rings. The molecule has 0 aliphatic heterocycles. The van der Waals surface area contributed by atoms with Crippen molar-refractivity contribution in [1.29, 1.82) is 5.26 Å². The minimum absolute atomic E-state index is 0.631. The fraction of sp³-hybridized carbons (Fsp3) is 0.0500. The highest BCUT2D eigenvalue weighted by Gasteiger charge is 2.12. The van der Waals surface area contributed by atoms with E-state index >= 15 is 0 Å². The van der Waals surface area contributed by atoms with Crippen molar-refractivity contribution in [2.75, 3.05) is 12.1 Å². The third-order valence-electron chi connectivity index (χ3n) is 4.15. The highest BCUT2D eigenvalue weighted by molar-refractivity contribution is 5.77. The van der Waals surface area contributed by atoms with Gasteiger partial charge in [0.1, 0.15) is 11.0 Å². The fourth-order valence-electron chi connectivity index (χ4n) is 2.82. The van der Waals surface area contributed by atoms with Gasteiger partial charge in [0, 0.05) is 12.6 Å². The molecule has 0 aliphatic rings. The van der Waals surface area contributed by atoms with Crippen molar-refractivity contribution in [3.05, 3.63) is 78.4 Å². The minimum atomic E-state index is 0.631. The molecule has 5 heteroatoms. The highest BCUT2D eigenvalue weighted by Crippen LogP contribution is 2.28. The molecule has 0 saturated carbocycles. The molecule has 1 aromatic heterocycles. The Kier molecular flexibility index (Phi) is 3.64. The van der Waals surface area contributed by atoms with Gasteiger partial charge in [-0.2, -0.15) is 10.1 Å². The maximum Gasteiger partial charge on any atom is 0.115 e. The van der Waals surface area contributed by atoms with E-state index in [4.69, 9.17) is 0 Å². The van der Waals surface area contributed by atoms with Gasteiger partial charge in [0.15, 0.2) is 0 Å². The van der Waals surface area contributed by atoms with Crippen LogP contribution in [0, 0.1) is 17.4 Å². The first-order valence-electron chi connectivity index (χ1n) is 7.83. The second-order valence-corrected chi connectivity index (χ2v) is 5.62. The highest BCUT2D eigenvalue weighted by atomic mass is 15.7. The number of rotatable bonds is 3. The Bertz CT molecular complexity index is 1080. The van der Waals surface area contributed by atoms with Crippen molar-refractivity contribution in [2.45, 2.75) is 0 Å². The molecule has 119 valence electrons. The van der Waals surface area contributed by atoms with E-state index in [0.29, 0.717) is 5.56 Å². The summed E-state index contributed by atoms with van der Waals surface area (Å²) in [5, 5.41) is 19.8. The van der Waals surface area contributed by atoms with Gasteiger partial charge in [-0.1, -0.05) is 36.4 Å². The molecule has 1 heterocycles. The van der Waals surface area contributed by atoms with Crippen LogP contribution < -0.4 is 5.01 Å². The molecule has 1 radical (unpaired) electrons. The molecular formula is C20H14N5. The molecule has 0 amide bonds. The van der Waals surface area contributed by atoms with Gasteiger partial charge in [-0.05, 0) is 47.2 Å². The quantitative estimate of drug-likeness (QED) is 0.577. The summed E-state index contributed by atoms with van der Waals surface area (Å²) in [6.45, 7) is 0. The van der Waals surface area contributed by atoms with E-state index in [1.165, 1.54) is 0 Å². The van der Waals surface area contributed by atoms with Crippen LogP contribution in [-0.4, -0.2) is 22.2 Å². The lowest BCUT2D eigenvalue weighted by Gasteiger charge is -2.20. The van der Waals surface area contributed by atoms with Crippen LogP contribution in [0.3, 0.4) is 0 Å². The van der Waals surface area contributed by atoms with Gasteiger partial charge in [0.05, 0.1) is 17.3 Å². The van der Waals surface area contributed by atoms with Gasteiger partial charge in [0.2, 0.25) is 0 Å². The number of aromatic nitrogens is 3. The van der Waals surface area contributed by atoms with E-state index in [1.54, 1.807) is 4.79 Å². The maximum absolute atomic E-state index is 9.44. The third-order valence-corrected chi connectivity index (χ3v) is 4.15. The summed E-state index contributed by atoms with van der Waals surface area (Å²) in [4.78, 5) is 1.75. The van der Waals surface area contributed by atoms with Crippen LogP contribution in [0.25, 0.3) is 22.2 Å². The summed E-state index contributed by atoms with van der Waals surface area (Å²) in [5.41, 5.74) is 5.16. The van der Waals surface area contributed by atoms with Gasteiger partial charge in [0.25, 0.3) is 0 Å². The Morgan fingerprint density at radius 2 is 1.88 bits per heavy atom. The number of hydrogen-bond donors (Lipinski definition) is 0. The van der Waals surface area contributed by atoms with Gasteiger partial charge in [-0.25, -0.2) is 0 Å². The monoisotopic (exact) mass is 324 g/mol. The molecule has 0 aliphatic carbocycles. The van der Waals surface area contributed by atoms with Gasteiger partial charge < -0.3 is 0 Å². The Morgan fingerprint density at radius 3 is 2.68 bits per heavy atom.